The molecule has 0 radical (unpaired) electrons. The zero-order chi connectivity index (χ0) is 19.3. The van der Waals surface area contributed by atoms with Crippen molar-refractivity contribution in [2.45, 2.75) is 37.0 Å². The van der Waals surface area contributed by atoms with E-state index in [4.69, 9.17) is 5.84 Å². The highest BCUT2D eigenvalue weighted by molar-refractivity contribution is 7.99. The van der Waals surface area contributed by atoms with Crippen LogP contribution in [0.25, 0.3) is 0 Å². The van der Waals surface area contributed by atoms with Gasteiger partial charge in [0.2, 0.25) is 11.1 Å². The average Bonchev–Trinajstić information content (AvgIpc) is 3.50. The molecule has 1 amide bonds. The van der Waals surface area contributed by atoms with Crippen molar-refractivity contribution in [3.8, 4) is 0 Å². The third-order valence-electron chi connectivity index (χ3n) is 4.74. The maximum Gasteiger partial charge on any atom is 0.233 e. The third kappa shape index (κ3) is 4.54. The number of carbonyl (C=O) groups is 1. The molecular weight excluding hydrogens is 370 g/mol. The first-order valence-electron chi connectivity index (χ1n) is 9.39. The summed E-state index contributed by atoms with van der Waals surface area (Å²) in [5.41, 5.74) is 2.21. The lowest BCUT2D eigenvalue weighted by Crippen LogP contribution is -2.31. The molecule has 1 fully saturated rings. The van der Waals surface area contributed by atoms with Gasteiger partial charge < -0.3 is 10.7 Å². The average molecular weight is 394 g/mol. The number of hydrogen-bond acceptors (Lipinski definition) is 5. The molecule has 0 aliphatic heterocycles. The number of amides is 1. The number of hydrogen-bond donors (Lipinski definition) is 1. The second-order valence-electron chi connectivity index (χ2n) is 6.99. The largest absolute Gasteiger partial charge is 0.336 e. The highest BCUT2D eigenvalue weighted by atomic mass is 32.2. The van der Waals surface area contributed by atoms with Crippen LogP contribution >= 0.6 is 11.8 Å². The number of benzene rings is 2. The van der Waals surface area contributed by atoms with Crippen LogP contribution in [-0.4, -0.2) is 31.4 Å². The van der Waals surface area contributed by atoms with Gasteiger partial charge in [-0.2, -0.15) is 0 Å². The predicted molar refractivity (Wildman–Crippen MR) is 110 cm³/mol. The zero-order valence-electron chi connectivity index (χ0n) is 15.6. The predicted octanol–water partition coefficient (Wildman–Crippen LogP) is 3.19. The summed E-state index contributed by atoms with van der Waals surface area (Å²) in [7, 11) is 0. The van der Waals surface area contributed by atoms with E-state index in [1.807, 2.05) is 65.6 Å². The molecule has 0 bridgehead atoms. The van der Waals surface area contributed by atoms with Crippen LogP contribution in [0.2, 0.25) is 0 Å². The quantitative estimate of drug-likeness (QED) is 0.470. The summed E-state index contributed by atoms with van der Waals surface area (Å²) in [5.74, 6) is 7.67. The Morgan fingerprint density at radius 3 is 2.11 bits per heavy atom. The van der Waals surface area contributed by atoms with E-state index in [0.29, 0.717) is 24.2 Å². The lowest BCUT2D eigenvalue weighted by Gasteiger charge is -2.23. The molecule has 0 saturated heterocycles. The Bertz CT molecular complexity index is 883. The summed E-state index contributed by atoms with van der Waals surface area (Å²) in [5, 5.41) is 8.93. The molecular formula is C21H23N5OS. The maximum atomic E-state index is 13.0. The van der Waals surface area contributed by atoms with E-state index < -0.39 is 0 Å². The summed E-state index contributed by atoms with van der Waals surface area (Å²) >= 11 is 1.34. The summed E-state index contributed by atoms with van der Waals surface area (Å²) in [6.45, 7) is 1.13. The van der Waals surface area contributed by atoms with Crippen molar-refractivity contribution in [3.05, 3.63) is 77.6 Å². The number of nitrogen functional groups attached to an aromatic ring is 1. The molecule has 2 N–H and O–H groups in total. The summed E-state index contributed by atoms with van der Waals surface area (Å²) in [6.07, 6.45) is 2.22. The summed E-state index contributed by atoms with van der Waals surface area (Å²) in [6, 6.07) is 20.1. The van der Waals surface area contributed by atoms with Crippen LogP contribution in [0.15, 0.2) is 65.8 Å². The SMILES string of the molecule is Nn1c(SCC(=O)N(Cc2ccccc2)Cc2ccccc2)nnc1C1CC1. The minimum atomic E-state index is 0.0497. The van der Waals surface area contributed by atoms with Crippen molar-refractivity contribution in [3.63, 3.8) is 0 Å². The minimum absolute atomic E-state index is 0.0497. The fourth-order valence-electron chi connectivity index (χ4n) is 3.06. The van der Waals surface area contributed by atoms with Gasteiger partial charge in [-0.3, -0.25) is 4.79 Å². The van der Waals surface area contributed by atoms with E-state index in [2.05, 4.69) is 10.2 Å². The molecule has 2 aromatic carbocycles. The van der Waals surface area contributed by atoms with Gasteiger partial charge in [-0.1, -0.05) is 72.4 Å². The monoisotopic (exact) mass is 393 g/mol. The summed E-state index contributed by atoms with van der Waals surface area (Å²) < 4.78 is 1.54. The van der Waals surface area contributed by atoms with Crippen LogP contribution < -0.4 is 5.84 Å². The van der Waals surface area contributed by atoms with Gasteiger partial charge in [0.15, 0.2) is 5.82 Å². The highest BCUT2D eigenvalue weighted by Crippen LogP contribution is 2.39. The van der Waals surface area contributed by atoms with E-state index in [-0.39, 0.29) is 11.7 Å². The number of aromatic nitrogens is 3. The molecule has 0 spiro atoms. The zero-order valence-corrected chi connectivity index (χ0v) is 16.4. The minimum Gasteiger partial charge on any atom is -0.336 e. The number of thioether (sulfide) groups is 1. The first-order chi connectivity index (χ1) is 13.7. The second kappa shape index (κ2) is 8.48. The van der Waals surface area contributed by atoms with Crippen LogP contribution in [0, 0.1) is 0 Å². The molecule has 1 heterocycles. The molecule has 0 atom stereocenters. The van der Waals surface area contributed by atoms with Gasteiger partial charge in [0.1, 0.15) is 0 Å². The fourth-order valence-corrected chi connectivity index (χ4v) is 3.83. The molecule has 28 heavy (non-hydrogen) atoms. The van der Waals surface area contributed by atoms with Crippen molar-refractivity contribution in [1.82, 2.24) is 19.8 Å². The van der Waals surface area contributed by atoms with Crippen LogP contribution in [-0.2, 0) is 17.9 Å². The van der Waals surface area contributed by atoms with Gasteiger partial charge in [0.25, 0.3) is 0 Å². The van der Waals surface area contributed by atoms with E-state index in [1.165, 1.54) is 16.4 Å². The molecule has 1 aliphatic carbocycles. The normalized spacial score (nSPS) is 13.4. The Morgan fingerprint density at radius 2 is 1.57 bits per heavy atom. The van der Waals surface area contributed by atoms with Gasteiger partial charge >= 0.3 is 0 Å². The lowest BCUT2D eigenvalue weighted by molar-refractivity contribution is -0.129. The Balaban J connectivity index is 1.44. The Kier molecular flexibility index (Phi) is 5.62. The molecule has 7 heteroatoms. The first-order valence-corrected chi connectivity index (χ1v) is 10.4. The van der Waals surface area contributed by atoms with E-state index >= 15 is 0 Å². The van der Waals surface area contributed by atoms with E-state index in [0.717, 1.165) is 29.8 Å². The van der Waals surface area contributed by atoms with Crippen LogP contribution in [0.1, 0.15) is 35.7 Å². The summed E-state index contributed by atoms with van der Waals surface area (Å²) in [4.78, 5) is 14.9. The topological polar surface area (TPSA) is 77.0 Å². The number of rotatable bonds is 8. The first kappa shape index (κ1) is 18.6. The molecule has 144 valence electrons. The smallest absolute Gasteiger partial charge is 0.233 e. The van der Waals surface area contributed by atoms with Gasteiger partial charge in [-0.15, -0.1) is 10.2 Å². The van der Waals surface area contributed by atoms with Gasteiger partial charge in [0.05, 0.1) is 5.75 Å². The van der Waals surface area contributed by atoms with Crippen LogP contribution in [0.3, 0.4) is 0 Å². The Hall–Kier alpha value is -2.80. The van der Waals surface area contributed by atoms with Gasteiger partial charge in [-0.05, 0) is 24.0 Å². The van der Waals surface area contributed by atoms with Crippen molar-refractivity contribution in [2.75, 3.05) is 11.6 Å². The second-order valence-corrected chi connectivity index (χ2v) is 7.94. The van der Waals surface area contributed by atoms with Crippen molar-refractivity contribution in [1.29, 1.82) is 0 Å². The standard InChI is InChI=1S/C21H23N5OS/c22-26-20(18-11-12-18)23-24-21(26)28-15-19(27)25(13-16-7-3-1-4-8-16)14-17-9-5-2-6-10-17/h1-10,18H,11-15,22H2. The number of nitrogens with two attached hydrogens (primary N) is 1. The number of nitrogens with zero attached hydrogens (tertiary/aromatic N) is 4. The fraction of sp³-hybridized carbons (Fsp3) is 0.286. The van der Waals surface area contributed by atoms with Gasteiger partial charge in [-0.25, -0.2) is 4.68 Å². The maximum absolute atomic E-state index is 13.0. The molecule has 0 unspecified atom stereocenters. The molecule has 1 saturated carbocycles. The van der Waals surface area contributed by atoms with Crippen molar-refractivity contribution < 1.29 is 4.79 Å². The lowest BCUT2D eigenvalue weighted by atomic mass is 10.1. The number of carbonyl (C=O) groups excluding carboxylic acids is 1. The molecule has 3 aromatic rings. The molecule has 1 aromatic heterocycles. The highest BCUT2D eigenvalue weighted by Gasteiger charge is 2.30. The van der Waals surface area contributed by atoms with Crippen molar-refractivity contribution in [2.24, 2.45) is 0 Å². The Labute approximate surface area is 168 Å². The van der Waals surface area contributed by atoms with E-state index in [9.17, 15) is 4.79 Å². The van der Waals surface area contributed by atoms with Gasteiger partial charge in [0, 0.05) is 19.0 Å². The van der Waals surface area contributed by atoms with E-state index in [1.54, 1.807) is 0 Å². The molecule has 6 nitrogen and oxygen atoms in total. The molecule has 4 rings (SSSR count). The van der Waals surface area contributed by atoms with Crippen LogP contribution in [0.4, 0.5) is 0 Å². The van der Waals surface area contributed by atoms with Crippen LogP contribution in [0.5, 0.6) is 0 Å². The van der Waals surface area contributed by atoms with Crippen molar-refractivity contribution >= 4 is 17.7 Å². The molecule has 1 aliphatic rings. The third-order valence-corrected chi connectivity index (χ3v) is 5.67. The Morgan fingerprint density at radius 1 is 1.00 bits per heavy atom.